The molecule has 3 aromatic rings. The van der Waals surface area contributed by atoms with Gasteiger partial charge in [-0.2, -0.15) is 0 Å². The third-order valence-electron chi connectivity index (χ3n) is 6.43. The summed E-state index contributed by atoms with van der Waals surface area (Å²) in [5.41, 5.74) is 2.03. The minimum atomic E-state index is -0.359. The van der Waals surface area contributed by atoms with E-state index in [1.807, 2.05) is 46.7 Å². The largest absolute Gasteiger partial charge is 0.491 e. The number of carbonyl (C=O) groups is 2. The Morgan fingerprint density at radius 3 is 2.68 bits per heavy atom. The highest BCUT2D eigenvalue weighted by Gasteiger charge is 2.37. The van der Waals surface area contributed by atoms with Gasteiger partial charge in [0.25, 0.3) is 0 Å². The second kappa shape index (κ2) is 9.97. The van der Waals surface area contributed by atoms with Crippen molar-refractivity contribution in [3.8, 4) is 5.75 Å². The quantitative estimate of drug-likeness (QED) is 0.475. The van der Waals surface area contributed by atoms with E-state index in [1.54, 1.807) is 28.4 Å². The van der Waals surface area contributed by atoms with Crippen LogP contribution < -0.4 is 4.74 Å². The summed E-state index contributed by atoms with van der Waals surface area (Å²) in [5.74, 6) is -0.00412. The highest BCUT2D eigenvalue weighted by molar-refractivity contribution is 7.10. The van der Waals surface area contributed by atoms with Crippen LogP contribution in [0.4, 0.5) is 4.39 Å². The number of amides is 2. The Kier molecular flexibility index (Phi) is 6.63. The molecule has 5 nitrogen and oxygen atoms in total. The van der Waals surface area contributed by atoms with Gasteiger partial charge in [-0.05, 0) is 54.0 Å². The number of nitrogens with zero attached hydrogens (tertiary/aromatic N) is 2. The van der Waals surface area contributed by atoms with Gasteiger partial charge >= 0.3 is 0 Å². The van der Waals surface area contributed by atoms with E-state index in [0.717, 1.165) is 30.4 Å². The molecule has 2 aromatic carbocycles. The molecule has 0 radical (unpaired) electrons. The maximum absolute atomic E-state index is 13.6. The number of ether oxygens (including phenoxy) is 1. The lowest BCUT2D eigenvalue weighted by Crippen LogP contribution is -2.48. The third kappa shape index (κ3) is 5.14. The van der Waals surface area contributed by atoms with E-state index in [0.29, 0.717) is 18.7 Å². The molecule has 34 heavy (non-hydrogen) atoms. The first-order valence-corrected chi connectivity index (χ1v) is 12.5. The van der Waals surface area contributed by atoms with Gasteiger partial charge in [0.2, 0.25) is 11.8 Å². The highest BCUT2D eigenvalue weighted by Crippen LogP contribution is 2.35. The fraction of sp³-hybridized carbons (Fsp3) is 0.333. The summed E-state index contributed by atoms with van der Waals surface area (Å²) < 4.78 is 19.5. The highest BCUT2D eigenvalue weighted by atomic mass is 32.1. The van der Waals surface area contributed by atoms with E-state index in [-0.39, 0.29) is 42.9 Å². The van der Waals surface area contributed by atoms with Crippen LogP contribution in [-0.4, -0.2) is 47.4 Å². The molecule has 1 aromatic heterocycles. The zero-order chi connectivity index (χ0) is 23.5. The molecular formula is C27H27FN2O3S. The molecule has 1 aliphatic heterocycles. The summed E-state index contributed by atoms with van der Waals surface area (Å²) in [6.07, 6.45) is 2.96. The van der Waals surface area contributed by atoms with Crippen molar-refractivity contribution in [2.24, 2.45) is 0 Å². The average molecular weight is 479 g/mol. The Morgan fingerprint density at radius 1 is 1.09 bits per heavy atom. The minimum absolute atomic E-state index is 0.0113. The molecule has 0 N–H and O–H groups in total. The molecule has 1 saturated carbocycles. The Hall–Kier alpha value is -3.19. The lowest BCUT2D eigenvalue weighted by Gasteiger charge is -2.37. The summed E-state index contributed by atoms with van der Waals surface area (Å²) in [4.78, 5) is 31.4. The second-order valence-electron chi connectivity index (χ2n) is 8.84. The molecule has 1 aliphatic carbocycles. The van der Waals surface area contributed by atoms with Crippen molar-refractivity contribution < 1.29 is 18.7 Å². The SMILES string of the molecule is O=C(Cc1ccccc1)N(CC(=O)N1CCc2sccc2[C@@H]1COc1cccc(F)c1)C1CC1. The van der Waals surface area contributed by atoms with Crippen molar-refractivity contribution in [1.29, 1.82) is 0 Å². The third-order valence-corrected chi connectivity index (χ3v) is 7.43. The summed E-state index contributed by atoms with van der Waals surface area (Å²) >= 11 is 1.68. The molecule has 0 bridgehead atoms. The van der Waals surface area contributed by atoms with Gasteiger partial charge in [0.15, 0.2) is 0 Å². The Bertz CT molecular complexity index is 1160. The van der Waals surface area contributed by atoms with Gasteiger partial charge in [-0.3, -0.25) is 9.59 Å². The minimum Gasteiger partial charge on any atom is -0.491 e. The fourth-order valence-corrected chi connectivity index (χ4v) is 5.45. The van der Waals surface area contributed by atoms with Crippen molar-refractivity contribution >= 4 is 23.2 Å². The number of carbonyl (C=O) groups excluding carboxylic acids is 2. The predicted octanol–water partition coefficient (Wildman–Crippen LogP) is 4.63. The van der Waals surface area contributed by atoms with E-state index in [9.17, 15) is 14.0 Å². The number of hydrogen-bond acceptors (Lipinski definition) is 4. The van der Waals surface area contributed by atoms with Crippen LogP contribution in [0.2, 0.25) is 0 Å². The maximum Gasteiger partial charge on any atom is 0.242 e. The van der Waals surface area contributed by atoms with E-state index in [2.05, 4.69) is 0 Å². The van der Waals surface area contributed by atoms with Gasteiger partial charge in [-0.1, -0.05) is 36.4 Å². The Morgan fingerprint density at radius 2 is 1.91 bits per heavy atom. The van der Waals surface area contributed by atoms with E-state index >= 15 is 0 Å². The van der Waals surface area contributed by atoms with Crippen LogP contribution in [0.1, 0.15) is 34.9 Å². The van der Waals surface area contributed by atoms with Gasteiger partial charge in [0.1, 0.15) is 24.7 Å². The van der Waals surface area contributed by atoms with Gasteiger partial charge in [-0.25, -0.2) is 4.39 Å². The van der Waals surface area contributed by atoms with Gasteiger partial charge < -0.3 is 14.5 Å². The standard InChI is InChI=1S/C27H27FN2O3S/c28-20-7-4-8-22(16-20)33-18-24-23-12-14-34-25(23)11-13-29(24)27(32)17-30(21-9-10-21)26(31)15-19-5-2-1-3-6-19/h1-8,12,14,16,21,24H,9-11,13,15,17-18H2/t24-/m0/s1. The predicted molar refractivity (Wildman–Crippen MR) is 129 cm³/mol. The molecule has 0 saturated heterocycles. The van der Waals surface area contributed by atoms with Crippen LogP contribution in [0.15, 0.2) is 66.0 Å². The first-order valence-electron chi connectivity index (χ1n) is 11.7. The monoisotopic (exact) mass is 478 g/mol. The van der Waals surface area contributed by atoms with E-state index in [1.165, 1.54) is 17.0 Å². The molecule has 176 valence electrons. The average Bonchev–Trinajstić information content (AvgIpc) is 3.57. The molecule has 1 atom stereocenters. The smallest absolute Gasteiger partial charge is 0.242 e. The van der Waals surface area contributed by atoms with Crippen LogP contribution in [0.25, 0.3) is 0 Å². The summed E-state index contributed by atoms with van der Waals surface area (Å²) in [7, 11) is 0. The first kappa shape index (κ1) is 22.6. The molecule has 0 spiro atoms. The van der Waals surface area contributed by atoms with Crippen molar-refractivity contribution in [3.05, 3.63) is 87.9 Å². The molecular weight excluding hydrogens is 451 g/mol. The topological polar surface area (TPSA) is 49.9 Å². The van der Waals surface area contributed by atoms with Gasteiger partial charge in [0, 0.05) is 23.5 Å². The molecule has 0 unspecified atom stereocenters. The number of thiophene rings is 1. The lowest BCUT2D eigenvalue weighted by atomic mass is 10.0. The molecule has 2 aliphatic rings. The number of fused-ring (bicyclic) bond motifs is 1. The van der Waals surface area contributed by atoms with Crippen molar-refractivity contribution in [1.82, 2.24) is 9.80 Å². The van der Waals surface area contributed by atoms with E-state index < -0.39 is 0 Å². The Labute approximate surface area is 202 Å². The molecule has 5 rings (SSSR count). The van der Waals surface area contributed by atoms with Crippen molar-refractivity contribution in [3.63, 3.8) is 0 Å². The number of rotatable bonds is 8. The zero-order valence-corrected chi connectivity index (χ0v) is 19.7. The van der Waals surface area contributed by atoms with Crippen molar-refractivity contribution in [2.75, 3.05) is 19.7 Å². The summed E-state index contributed by atoms with van der Waals surface area (Å²) in [5, 5.41) is 2.04. The Balaban J connectivity index is 1.30. The fourth-order valence-electron chi connectivity index (χ4n) is 4.52. The van der Waals surface area contributed by atoms with Crippen LogP contribution in [0.3, 0.4) is 0 Å². The van der Waals surface area contributed by atoms with Gasteiger partial charge in [0.05, 0.1) is 12.5 Å². The van der Waals surface area contributed by atoms with E-state index in [4.69, 9.17) is 4.74 Å². The molecule has 7 heteroatoms. The summed E-state index contributed by atoms with van der Waals surface area (Å²) in [6.45, 7) is 0.890. The molecule has 1 fully saturated rings. The number of halogens is 1. The van der Waals surface area contributed by atoms with Gasteiger partial charge in [-0.15, -0.1) is 11.3 Å². The van der Waals surface area contributed by atoms with Crippen LogP contribution in [-0.2, 0) is 22.4 Å². The zero-order valence-electron chi connectivity index (χ0n) is 18.9. The van der Waals surface area contributed by atoms with Crippen LogP contribution >= 0.6 is 11.3 Å². The molecule has 2 amide bonds. The first-order chi connectivity index (χ1) is 16.6. The molecule has 2 heterocycles. The lowest BCUT2D eigenvalue weighted by molar-refractivity contribution is -0.143. The maximum atomic E-state index is 13.6. The normalized spacial score (nSPS) is 17.2. The van der Waals surface area contributed by atoms with Crippen LogP contribution in [0.5, 0.6) is 5.75 Å². The van der Waals surface area contributed by atoms with Crippen molar-refractivity contribution in [2.45, 2.75) is 37.8 Å². The van der Waals surface area contributed by atoms with Crippen LogP contribution in [0, 0.1) is 5.82 Å². The number of hydrogen-bond donors (Lipinski definition) is 0. The summed E-state index contributed by atoms with van der Waals surface area (Å²) in [6, 6.07) is 17.6. The number of benzene rings is 2. The second-order valence-corrected chi connectivity index (χ2v) is 9.84.